The summed E-state index contributed by atoms with van der Waals surface area (Å²) in [6.45, 7) is 2.05. The molecular formula is C18H14BrNOS. The van der Waals surface area contributed by atoms with Crippen LogP contribution in [0.1, 0.15) is 15.2 Å². The highest BCUT2D eigenvalue weighted by Crippen LogP contribution is 2.29. The largest absolute Gasteiger partial charge is 0.321 e. The summed E-state index contributed by atoms with van der Waals surface area (Å²) in [5, 5.41) is 4.89. The van der Waals surface area contributed by atoms with Crippen molar-refractivity contribution in [2.24, 2.45) is 0 Å². The first kappa shape index (κ1) is 15.0. The van der Waals surface area contributed by atoms with Crippen LogP contribution in [-0.2, 0) is 0 Å². The first-order valence-corrected chi connectivity index (χ1v) is 8.52. The summed E-state index contributed by atoms with van der Waals surface area (Å²) in [5.41, 5.74) is 4.03. The minimum atomic E-state index is -0.0760. The summed E-state index contributed by atoms with van der Waals surface area (Å²) in [6.07, 6.45) is 0. The van der Waals surface area contributed by atoms with Gasteiger partial charge in [0.05, 0.1) is 4.88 Å². The van der Waals surface area contributed by atoms with Crippen molar-refractivity contribution in [1.82, 2.24) is 0 Å². The molecule has 4 heteroatoms. The number of benzene rings is 2. The fourth-order valence-electron chi connectivity index (χ4n) is 2.17. The van der Waals surface area contributed by atoms with Gasteiger partial charge < -0.3 is 5.32 Å². The Morgan fingerprint density at radius 1 is 1.00 bits per heavy atom. The van der Waals surface area contributed by atoms with Gasteiger partial charge in [-0.2, -0.15) is 0 Å². The van der Waals surface area contributed by atoms with Crippen molar-refractivity contribution in [3.05, 3.63) is 74.9 Å². The third kappa shape index (κ3) is 3.29. The molecule has 3 aromatic rings. The molecule has 0 atom stereocenters. The Morgan fingerprint density at radius 2 is 1.68 bits per heavy atom. The second-order valence-corrected chi connectivity index (χ2v) is 6.82. The molecule has 0 unspecified atom stereocenters. The molecule has 22 heavy (non-hydrogen) atoms. The summed E-state index contributed by atoms with van der Waals surface area (Å²) in [5.74, 6) is -0.0760. The van der Waals surface area contributed by atoms with E-state index in [0.717, 1.165) is 26.2 Å². The van der Waals surface area contributed by atoms with Crippen LogP contribution in [0.5, 0.6) is 0 Å². The normalized spacial score (nSPS) is 10.5. The van der Waals surface area contributed by atoms with E-state index in [1.54, 1.807) is 0 Å². The van der Waals surface area contributed by atoms with E-state index in [9.17, 15) is 4.79 Å². The van der Waals surface area contributed by atoms with Crippen LogP contribution in [0.2, 0.25) is 0 Å². The topological polar surface area (TPSA) is 29.1 Å². The minimum absolute atomic E-state index is 0.0760. The maximum absolute atomic E-state index is 12.5. The fraction of sp³-hybridized carbons (Fsp3) is 0.0556. The maximum Gasteiger partial charge on any atom is 0.266 e. The molecule has 110 valence electrons. The zero-order chi connectivity index (χ0) is 15.5. The Kier molecular flexibility index (Phi) is 4.41. The van der Waals surface area contributed by atoms with Crippen molar-refractivity contribution in [3.8, 4) is 11.1 Å². The van der Waals surface area contributed by atoms with E-state index in [4.69, 9.17) is 0 Å². The number of amides is 1. The number of carbonyl (C=O) groups excluding carboxylic acids is 1. The van der Waals surface area contributed by atoms with Crippen LogP contribution >= 0.6 is 27.3 Å². The molecule has 1 N–H and O–H groups in total. The molecule has 0 aliphatic rings. The van der Waals surface area contributed by atoms with Crippen molar-refractivity contribution < 1.29 is 4.79 Å². The van der Waals surface area contributed by atoms with Gasteiger partial charge in [0.15, 0.2) is 0 Å². The van der Waals surface area contributed by atoms with E-state index >= 15 is 0 Å². The first-order chi connectivity index (χ1) is 10.6. The highest BCUT2D eigenvalue weighted by atomic mass is 79.9. The molecular weight excluding hydrogens is 358 g/mol. The Balaban J connectivity index is 1.86. The minimum Gasteiger partial charge on any atom is -0.321 e. The van der Waals surface area contributed by atoms with Crippen LogP contribution in [0.15, 0.2) is 64.5 Å². The van der Waals surface area contributed by atoms with E-state index in [0.29, 0.717) is 0 Å². The van der Waals surface area contributed by atoms with Gasteiger partial charge in [-0.05, 0) is 48.2 Å². The number of aryl methyl sites for hydroxylation is 1. The molecule has 0 saturated carbocycles. The molecule has 0 fully saturated rings. The third-order valence-corrected chi connectivity index (χ3v) is 4.78. The number of thiophene rings is 1. The molecule has 3 rings (SSSR count). The van der Waals surface area contributed by atoms with Gasteiger partial charge in [-0.1, -0.05) is 45.8 Å². The van der Waals surface area contributed by atoms with Gasteiger partial charge in [-0.25, -0.2) is 0 Å². The highest BCUT2D eigenvalue weighted by Gasteiger charge is 2.14. The Hall–Kier alpha value is -1.91. The molecule has 0 bridgehead atoms. The number of nitrogens with one attached hydrogen (secondary N) is 1. The van der Waals surface area contributed by atoms with E-state index in [1.165, 1.54) is 16.9 Å². The Labute approximate surface area is 141 Å². The molecule has 2 aromatic carbocycles. The van der Waals surface area contributed by atoms with Gasteiger partial charge in [0.25, 0.3) is 5.91 Å². The van der Waals surface area contributed by atoms with Gasteiger partial charge in [0.2, 0.25) is 0 Å². The van der Waals surface area contributed by atoms with Crippen molar-refractivity contribution in [2.75, 3.05) is 5.32 Å². The highest BCUT2D eigenvalue weighted by molar-refractivity contribution is 9.10. The zero-order valence-electron chi connectivity index (χ0n) is 12.0. The van der Waals surface area contributed by atoms with E-state index in [2.05, 4.69) is 40.3 Å². The number of hydrogen-bond donors (Lipinski definition) is 1. The van der Waals surface area contributed by atoms with Gasteiger partial charge in [0, 0.05) is 15.7 Å². The van der Waals surface area contributed by atoms with E-state index < -0.39 is 0 Å². The maximum atomic E-state index is 12.5. The Morgan fingerprint density at radius 3 is 2.36 bits per heavy atom. The summed E-state index contributed by atoms with van der Waals surface area (Å²) in [7, 11) is 0. The van der Waals surface area contributed by atoms with Gasteiger partial charge in [0.1, 0.15) is 0 Å². The molecule has 0 radical (unpaired) electrons. The lowest BCUT2D eigenvalue weighted by atomic mass is 10.0. The second-order valence-electron chi connectivity index (χ2n) is 4.99. The summed E-state index contributed by atoms with van der Waals surface area (Å²) < 4.78 is 0.988. The lowest BCUT2D eigenvalue weighted by molar-refractivity contribution is 0.103. The summed E-state index contributed by atoms with van der Waals surface area (Å²) in [6, 6.07) is 17.8. The molecule has 0 aliphatic heterocycles. The van der Waals surface area contributed by atoms with Crippen LogP contribution in [0.3, 0.4) is 0 Å². The van der Waals surface area contributed by atoms with E-state index in [1.807, 2.05) is 47.8 Å². The van der Waals surface area contributed by atoms with Gasteiger partial charge in [-0.3, -0.25) is 4.79 Å². The monoisotopic (exact) mass is 371 g/mol. The summed E-state index contributed by atoms with van der Waals surface area (Å²) >= 11 is 4.85. The molecule has 0 spiro atoms. The van der Waals surface area contributed by atoms with Crippen molar-refractivity contribution in [2.45, 2.75) is 6.92 Å². The average Bonchev–Trinajstić information content (AvgIpc) is 3.00. The van der Waals surface area contributed by atoms with Crippen LogP contribution in [-0.4, -0.2) is 5.91 Å². The quantitative estimate of drug-likeness (QED) is 0.624. The number of anilines is 1. The van der Waals surface area contributed by atoms with Gasteiger partial charge in [-0.15, -0.1) is 11.3 Å². The number of halogens is 1. The van der Waals surface area contributed by atoms with Crippen LogP contribution in [0.25, 0.3) is 11.1 Å². The fourth-order valence-corrected chi connectivity index (χ4v) is 3.24. The van der Waals surface area contributed by atoms with Crippen LogP contribution in [0, 0.1) is 6.92 Å². The second kappa shape index (κ2) is 6.46. The predicted octanol–water partition coefficient (Wildman–Crippen LogP) is 5.74. The molecule has 0 saturated heterocycles. The molecule has 1 heterocycles. The first-order valence-electron chi connectivity index (χ1n) is 6.85. The van der Waals surface area contributed by atoms with Crippen molar-refractivity contribution >= 4 is 38.9 Å². The van der Waals surface area contributed by atoms with Crippen molar-refractivity contribution in [3.63, 3.8) is 0 Å². The van der Waals surface area contributed by atoms with Crippen LogP contribution in [0.4, 0.5) is 5.69 Å². The molecule has 1 amide bonds. The number of hydrogen-bond acceptors (Lipinski definition) is 2. The zero-order valence-corrected chi connectivity index (χ0v) is 14.4. The molecule has 2 nitrogen and oxygen atoms in total. The SMILES string of the molecule is Cc1ccc(-c2ccsc2C(=O)Nc2ccc(Br)cc2)cc1. The number of rotatable bonds is 3. The standard InChI is InChI=1S/C18H14BrNOS/c1-12-2-4-13(5-3-12)16-10-11-22-17(16)18(21)20-15-8-6-14(19)7-9-15/h2-11H,1H3,(H,20,21). The molecule has 1 aromatic heterocycles. The lowest BCUT2D eigenvalue weighted by Crippen LogP contribution is -2.11. The predicted molar refractivity (Wildman–Crippen MR) is 96.6 cm³/mol. The van der Waals surface area contributed by atoms with E-state index in [-0.39, 0.29) is 5.91 Å². The van der Waals surface area contributed by atoms with Gasteiger partial charge >= 0.3 is 0 Å². The summed E-state index contributed by atoms with van der Waals surface area (Å²) in [4.78, 5) is 13.2. The Bertz CT molecular complexity index is 791. The third-order valence-electron chi connectivity index (χ3n) is 3.34. The smallest absolute Gasteiger partial charge is 0.266 e. The van der Waals surface area contributed by atoms with Crippen molar-refractivity contribution in [1.29, 1.82) is 0 Å². The number of carbonyl (C=O) groups is 1. The van der Waals surface area contributed by atoms with Crippen LogP contribution < -0.4 is 5.32 Å². The molecule has 0 aliphatic carbocycles. The lowest BCUT2D eigenvalue weighted by Gasteiger charge is -2.07. The average molecular weight is 372 g/mol.